The third kappa shape index (κ3) is 5.01. The van der Waals surface area contributed by atoms with Gasteiger partial charge in [0.05, 0.1) is 25.8 Å². The summed E-state index contributed by atoms with van der Waals surface area (Å²) in [4.78, 5) is 24.0. The van der Waals surface area contributed by atoms with E-state index in [0.29, 0.717) is 34.1 Å². The van der Waals surface area contributed by atoms with Crippen molar-refractivity contribution in [1.29, 1.82) is 0 Å². The highest BCUT2D eigenvalue weighted by Gasteiger charge is 2.14. The SMILES string of the molecule is C=C(Br)C(=O)Nc1ccc(C(=O)/C=C/c2ccc(OC)c(OC)c2OC)cc1. The van der Waals surface area contributed by atoms with Crippen LogP contribution in [0.5, 0.6) is 17.2 Å². The quantitative estimate of drug-likeness (QED) is 0.479. The Morgan fingerprint density at radius 3 is 2.14 bits per heavy atom. The van der Waals surface area contributed by atoms with Gasteiger partial charge in [0.1, 0.15) is 0 Å². The van der Waals surface area contributed by atoms with Crippen molar-refractivity contribution in [3.8, 4) is 17.2 Å². The van der Waals surface area contributed by atoms with E-state index in [1.54, 1.807) is 42.5 Å². The number of carbonyl (C=O) groups is 2. The van der Waals surface area contributed by atoms with Gasteiger partial charge in [-0.15, -0.1) is 0 Å². The zero-order valence-electron chi connectivity index (χ0n) is 15.7. The maximum atomic E-state index is 12.4. The first-order chi connectivity index (χ1) is 13.4. The maximum absolute atomic E-state index is 12.4. The lowest BCUT2D eigenvalue weighted by Crippen LogP contribution is -2.10. The van der Waals surface area contributed by atoms with Crippen LogP contribution in [0.1, 0.15) is 15.9 Å². The molecule has 0 heterocycles. The minimum atomic E-state index is -0.348. The molecule has 0 saturated heterocycles. The van der Waals surface area contributed by atoms with E-state index in [9.17, 15) is 9.59 Å². The van der Waals surface area contributed by atoms with Crippen molar-refractivity contribution in [1.82, 2.24) is 0 Å². The van der Waals surface area contributed by atoms with Gasteiger partial charge in [-0.3, -0.25) is 9.59 Å². The summed E-state index contributed by atoms with van der Waals surface area (Å²) < 4.78 is 16.2. The van der Waals surface area contributed by atoms with Gasteiger partial charge in [-0.25, -0.2) is 0 Å². The van der Waals surface area contributed by atoms with Crippen LogP contribution in [0.3, 0.4) is 0 Å². The fraction of sp³-hybridized carbons (Fsp3) is 0.143. The topological polar surface area (TPSA) is 73.9 Å². The zero-order valence-corrected chi connectivity index (χ0v) is 17.3. The molecule has 0 fully saturated rings. The lowest BCUT2D eigenvalue weighted by molar-refractivity contribution is -0.112. The number of rotatable bonds is 8. The fourth-order valence-corrected chi connectivity index (χ4v) is 2.53. The van der Waals surface area contributed by atoms with Crippen LogP contribution in [0.2, 0.25) is 0 Å². The molecule has 0 spiro atoms. The highest BCUT2D eigenvalue weighted by Crippen LogP contribution is 2.40. The number of allylic oxidation sites excluding steroid dienone is 1. The van der Waals surface area contributed by atoms with Gasteiger partial charge in [-0.2, -0.15) is 0 Å². The highest BCUT2D eigenvalue weighted by atomic mass is 79.9. The van der Waals surface area contributed by atoms with Crippen molar-refractivity contribution in [2.24, 2.45) is 0 Å². The Kier molecular flexibility index (Phi) is 7.40. The summed E-state index contributed by atoms with van der Waals surface area (Å²) >= 11 is 3.01. The normalized spacial score (nSPS) is 10.4. The second-order valence-corrected chi connectivity index (χ2v) is 6.51. The average Bonchev–Trinajstić information content (AvgIpc) is 2.71. The molecule has 0 radical (unpaired) electrons. The van der Waals surface area contributed by atoms with Gasteiger partial charge in [0.15, 0.2) is 17.3 Å². The predicted octanol–water partition coefficient (Wildman–Crippen LogP) is 4.46. The summed E-state index contributed by atoms with van der Waals surface area (Å²) in [5.74, 6) is 0.915. The molecule has 7 heteroatoms. The minimum Gasteiger partial charge on any atom is -0.493 e. The van der Waals surface area contributed by atoms with Gasteiger partial charge >= 0.3 is 0 Å². The van der Waals surface area contributed by atoms with Crippen molar-refractivity contribution < 1.29 is 23.8 Å². The smallest absolute Gasteiger partial charge is 0.262 e. The summed E-state index contributed by atoms with van der Waals surface area (Å²) in [7, 11) is 4.57. The molecule has 0 aromatic heterocycles. The summed E-state index contributed by atoms with van der Waals surface area (Å²) in [6.07, 6.45) is 3.09. The lowest BCUT2D eigenvalue weighted by atomic mass is 10.1. The third-order valence-corrected chi connectivity index (χ3v) is 4.18. The molecule has 0 bridgehead atoms. The van der Waals surface area contributed by atoms with Crippen LogP contribution in [0.25, 0.3) is 6.08 Å². The van der Waals surface area contributed by atoms with E-state index in [1.807, 2.05) is 0 Å². The average molecular weight is 446 g/mol. The number of anilines is 1. The lowest BCUT2D eigenvalue weighted by Gasteiger charge is -2.13. The molecule has 1 amide bonds. The largest absolute Gasteiger partial charge is 0.493 e. The molecular formula is C21H20BrNO5. The van der Waals surface area contributed by atoms with Gasteiger partial charge in [0.2, 0.25) is 5.75 Å². The molecule has 146 valence electrons. The number of ketones is 1. The van der Waals surface area contributed by atoms with Gasteiger partial charge in [0, 0.05) is 16.8 Å². The van der Waals surface area contributed by atoms with E-state index >= 15 is 0 Å². The Morgan fingerprint density at radius 1 is 0.964 bits per heavy atom. The zero-order chi connectivity index (χ0) is 20.7. The number of hydrogen-bond donors (Lipinski definition) is 1. The van der Waals surface area contributed by atoms with Crippen LogP contribution in [-0.2, 0) is 4.79 Å². The van der Waals surface area contributed by atoms with Crippen LogP contribution >= 0.6 is 15.9 Å². The molecule has 1 N–H and O–H groups in total. The van der Waals surface area contributed by atoms with Crippen LogP contribution in [0.4, 0.5) is 5.69 Å². The molecule has 2 aromatic rings. The van der Waals surface area contributed by atoms with E-state index in [0.717, 1.165) is 0 Å². The number of methoxy groups -OCH3 is 3. The molecule has 0 unspecified atom stereocenters. The van der Waals surface area contributed by atoms with Crippen molar-refractivity contribution in [3.63, 3.8) is 0 Å². The van der Waals surface area contributed by atoms with E-state index < -0.39 is 0 Å². The molecule has 0 atom stereocenters. The Bertz CT molecular complexity index is 919. The molecule has 2 rings (SSSR count). The minimum absolute atomic E-state index is 0.195. The van der Waals surface area contributed by atoms with Crippen LogP contribution in [0.15, 0.2) is 53.5 Å². The first kappa shape index (κ1) is 21.2. The summed E-state index contributed by atoms with van der Waals surface area (Å²) in [6, 6.07) is 10.1. The van der Waals surface area contributed by atoms with Crippen molar-refractivity contribution in [3.05, 3.63) is 64.7 Å². The van der Waals surface area contributed by atoms with E-state index in [4.69, 9.17) is 14.2 Å². The molecule has 0 aliphatic heterocycles. The highest BCUT2D eigenvalue weighted by molar-refractivity contribution is 9.12. The number of nitrogens with one attached hydrogen (secondary N) is 1. The summed E-state index contributed by atoms with van der Waals surface area (Å²) in [5, 5.41) is 2.65. The molecule has 0 saturated carbocycles. The van der Waals surface area contributed by atoms with Crippen molar-refractivity contribution >= 4 is 39.4 Å². The van der Waals surface area contributed by atoms with Crippen LogP contribution < -0.4 is 19.5 Å². The molecule has 0 aliphatic carbocycles. The molecular weight excluding hydrogens is 426 g/mol. The number of benzene rings is 2. The standard InChI is InChI=1S/C21H20BrNO5/c1-13(22)21(25)23-16-9-5-14(6-10-16)17(24)11-7-15-8-12-18(26-2)20(28-4)19(15)27-3/h5-12H,1H2,2-4H3,(H,23,25)/b11-7+. The first-order valence-corrected chi connectivity index (χ1v) is 8.97. The second kappa shape index (κ2) is 9.75. The van der Waals surface area contributed by atoms with Gasteiger partial charge in [0.25, 0.3) is 5.91 Å². The Labute approximate surface area is 171 Å². The predicted molar refractivity (Wildman–Crippen MR) is 113 cm³/mol. The Hall–Kier alpha value is -3.06. The molecule has 28 heavy (non-hydrogen) atoms. The van der Waals surface area contributed by atoms with Gasteiger partial charge in [-0.05, 0) is 64.5 Å². The molecule has 0 aliphatic rings. The molecule has 2 aromatic carbocycles. The maximum Gasteiger partial charge on any atom is 0.262 e. The van der Waals surface area contributed by atoms with Crippen molar-refractivity contribution in [2.75, 3.05) is 26.6 Å². The molecule has 6 nitrogen and oxygen atoms in total. The van der Waals surface area contributed by atoms with Crippen LogP contribution in [-0.4, -0.2) is 33.0 Å². The first-order valence-electron chi connectivity index (χ1n) is 8.18. The van der Waals surface area contributed by atoms with Gasteiger partial charge in [-0.1, -0.05) is 6.58 Å². The Morgan fingerprint density at radius 2 is 1.61 bits per heavy atom. The van der Waals surface area contributed by atoms with E-state index in [2.05, 4.69) is 27.8 Å². The number of halogens is 1. The summed E-state index contributed by atoms with van der Waals surface area (Å²) in [5.41, 5.74) is 1.72. The van der Waals surface area contributed by atoms with E-state index in [-0.39, 0.29) is 16.2 Å². The number of ether oxygens (including phenoxy) is 3. The van der Waals surface area contributed by atoms with Crippen LogP contribution in [0, 0.1) is 0 Å². The van der Waals surface area contributed by atoms with E-state index in [1.165, 1.54) is 27.4 Å². The Balaban J connectivity index is 2.20. The third-order valence-electron chi connectivity index (χ3n) is 3.82. The number of hydrogen-bond acceptors (Lipinski definition) is 5. The monoisotopic (exact) mass is 445 g/mol. The fourth-order valence-electron chi connectivity index (χ4n) is 2.43. The van der Waals surface area contributed by atoms with Gasteiger partial charge < -0.3 is 19.5 Å². The summed E-state index contributed by atoms with van der Waals surface area (Å²) in [6.45, 7) is 3.50. The number of amides is 1. The van der Waals surface area contributed by atoms with Crippen molar-refractivity contribution in [2.45, 2.75) is 0 Å². The second-order valence-electron chi connectivity index (χ2n) is 5.56. The number of carbonyl (C=O) groups excluding carboxylic acids is 2.